The number of nitrogens with zero attached hydrogens (tertiary/aromatic N) is 4. The molecule has 1 fully saturated rings. The van der Waals surface area contributed by atoms with E-state index in [1.165, 1.54) is 0 Å². The van der Waals surface area contributed by atoms with Crippen molar-refractivity contribution in [1.82, 2.24) is 4.90 Å². The fourth-order valence-electron chi connectivity index (χ4n) is 2.74. The number of likely N-dealkylation sites (tertiary alicyclic amines) is 1. The predicted molar refractivity (Wildman–Crippen MR) is 87.5 cm³/mol. The van der Waals surface area contributed by atoms with E-state index in [9.17, 15) is 9.59 Å². The third-order valence-electron chi connectivity index (χ3n) is 3.65. The van der Waals surface area contributed by atoms with Crippen molar-refractivity contribution in [3.05, 3.63) is 23.1 Å². The van der Waals surface area contributed by atoms with Crippen molar-refractivity contribution < 1.29 is 14.3 Å². The Labute approximate surface area is 137 Å². The van der Waals surface area contributed by atoms with Crippen LogP contribution in [0, 0.1) is 5.92 Å². The average Bonchev–Trinajstić information content (AvgIpc) is 2.90. The van der Waals surface area contributed by atoms with Gasteiger partial charge in [-0.25, -0.2) is 0 Å². The van der Waals surface area contributed by atoms with Gasteiger partial charge in [0.2, 0.25) is 5.91 Å². The van der Waals surface area contributed by atoms with Gasteiger partial charge in [0, 0.05) is 24.0 Å². The van der Waals surface area contributed by atoms with E-state index in [2.05, 4.69) is 16.6 Å². The Kier molecular flexibility index (Phi) is 7.10. The zero-order valence-electron chi connectivity index (χ0n) is 14.2. The fourth-order valence-corrected chi connectivity index (χ4v) is 2.74. The minimum absolute atomic E-state index is 0.0346. The van der Waals surface area contributed by atoms with Gasteiger partial charge in [0.1, 0.15) is 5.60 Å². The first-order chi connectivity index (χ1) is 10.8. The SMILES string of the molecule is C=CCC(CC(=O)OC(C)(C)C)C(=O)N1CCCC1CN=[N+]=[N-]. The van der Waals surface area contributed by atoms with Crippen molar-refractivity contribution in [2.45, 2.75) is 58.1 Å². The maximum Gasteiger partial charge on any atom is 0.307 e. The van der Waals surface area contributed by atoms with Gasteiger partial charge >= 0.3 is 5.97 Å². The molecule has 0 bridgehead atoms. The molecule has 128 valence electrons. The number of hydrogen-bond acceptors (Lipinski definition) is 4. The molecule has 0 N–H and O–H groups in total. The number of esters is 1. The Balaban J connectivity index is 2.75. The number of hydrogen-bond donors (Lipinski definition) is 0. The van der Waals surface area contributed by atoms with Crippen molar-refractivity contribution >= 4 is 11.9 Å². The van der Waals surface area contributed by atoms with E-state index in [4.69, 9.17) is 10.3 Å². The van der Waals surface area contributed by atoms with Crippen molar-refractivity contribution in [3.63, 3.8) is 0 Å². The lowest BCUT2D eigenvalue weighted by molar-refractivity contribution is -0.158. The number of allylic oxidation sites excluding steroid dienone is 1. The van der Waals surface area contributed by atoms with Crippen LogP contribution in [0.2, 0.25) is 0 Å². The molecule has 1 aliphatic heterocycles. The summed E-state index contributed by atoms with van der Waals surface area (Å²) in [6, 6.07) is -0.0793. The predicted octanol–water partition coefficient (Wildman–Crippen LogP) is 3.21. The second-order valence-corrected chi connectivity index (χ2v) is 6.75. The second kappa shape index (κ2) is 8.58. The first kappa shape index (κ1) is 19.0. The number of carbonyl (C=O) groups is 2. The molecule has 1 aliphatic rings. The van der Waals surface area contributed by atoms with Crippen LogP contribution in [0.3, 0.4) is 0 Å². The summed E-state index contributed by atoms with van der Waals surface area (Å²) in [5.74, 6) is -0.955. The van der Waals surface area contributed by atoms with Crippen LogP contribution >= 0.6 is 0 Å². The zero-order chi connectivity index (χ0) is 17.5. The lowest BCUT2D eigenvalue weighted by atomic mass is 9.99. The molecule has 0 spiro atoms. The van der Waals surface area contributed by atoms with Crippen LogP contribution in [0.1, 0.15) is 46.5 Å². The molecule has 0 aromatic heterocycles. The molecule has 2 unspecified atom stereocenters. The van der Waals surface area contributed by atoms with Crippen LogP contribution in [-0.2, 0) is 14.3 Å². The van der Waals surface area contributed by atoms with Crippen LogP contribution in [-0.4, -0.2) is 41.5 Å². The van der Waals surface area contributed by atoms with E-state index >= 15 is 0 Å². The van der Waals surface area contributed by atoms with Crippen LogP contribution in [0.4, 0.5) is 0 Å². The highest BCUT2D eigenvalue weighted by Gasteiger charge is 2.34. The Morgan fingerprint density at radius 2 is 2.22 bits per heavy atom. The van der Waals surface area contributed by atoms with E-state index in [0.29, 0.717) is 13.0 Å². The first-order valence-corrected chi connectivity index (χ1v) is 7.92. The summed E-state index contributed by atoms with van der Waals surface area (Å²) in [6.45, 7) is 9.97. The van der Waals surface area contributed by atoms with Crippen LogP contribution in [0.15, 0.2) is 17.8 Å². The molecule has 0 aromatic carbocycles. The normalized spacial score (nSPS) is 18.9. The largest absolute Gasteiger partial charge is 0.460 e. The molecule has 0 aliphatic carbocycles. The maximum atomic E-state index is 12.7. The molecule has 23 heavy (non-hydrogen) atoms. The van der Waals surface area contributed by atoms with Crippen molar-refractivity contribution in [2.75, 3.05) is 13.1 Å². The number of amides is 1. The number of rotatable bonds is 7. The molecule has 0 saturated carbocycles. The lowest BCUT2D eigenvalue weighted by Gasteiger charge is -2.28. The third kappa shape index (κ3) is 6.32. The molecular formula is C16H26N4O3. The van der Waals surface area contributed by atoms with Gasteiger partial charge in [-0.15, -0.1) is 6.58 Å². The van der Waals surface area contributed by atoms with Crippen molar-refractivity contribution in [2.24, 2.45) is 11.0 Å². The number of carbonyl (C=O) groups excluding carboxylic acids is 2. The molecule has 1 rings (SSSR count). The van der Waals surface area contributed by atoms with Gasteiger partial charge in [-0.05, 0) is 45.6 Å². The summed E-state index contributed by atoms with van der Waals surface area (Å²) >= 11 is 0. The standard InChI is InChI=1S/C16H26N4O3/c1-5-7-12(10-14(21)23-16(2,3)4)15(22)20-9-6-8-13(20)11-18-19-17/h5,12-13H,1,6-11H2,2-4H3. The topological polar surface area (TPSA) is 95.4 Å². The summed E-state index contributed by atoms with van der Waals surface area (Å²) < 4.78 is 5.31. The Hall–Kier alpha value is -2.01. The van der Waals surface area contributed by atoms with Gasteiger partial charge in [-0.3, -0.25) is 9.59 Å². The van der Waals surface area contributed by atoms with E-state index in [1.54, 1.807) is 31.7 Å². The van der Waals surface area contributed by atoms with Crippen LogP contribution in [0.5, 0.6) is 0 Å². The number of azide groups is 1. The molecule has 0 aromatic rings. The summed E-state index contributed by atoms with van der Waals surface area (Å²) in [6.07, 6.45) is 3.80. The highest BCUT2D eigenvalue weighted by atomic mass is 16.6. The zero-order valence-corrected chi connectivity index (χ0v) is 14.2. The first-order valence-electron chi connectivity index (χ1n) is 7.92. The number of ether oxygens (including phenoxy) is 1. The molecule has 1 amide bonds. The Bertz CT molecular complexity index is 492. The summed E-state index contributed by atoms with van der Waals surface area (Å²) in [7, 11) is 0. The molecule has 0 radical (unpaired) electrons. The average molecular weight is 322 g/mol. The van der Waals surface area contributed by atoms with Gasteiger partial charge in [-0.2, -0.15) is 0 Å². The smallest absolute Gasteiger partial charge is 0.307 e. The minimum Gasteiger partial charge on any atom is -0.460 e. The van der Waals surface area contributed by atoms with Crippen LogP contribution < -0.4 is 0 Å². The lowest BCUT2D eigenvalue weighted by Crippen LogP contribution is -2.42. The molecule has 7 nitrogen and oxygen atoms in total. The Morgan fingerprint density at radius 3 is 2.78 bits per heavy atom. The third-order valence-corrected chi connectivity index (χ3v) is 3.65. The summed E-state index contributed by atoms with van der Waals surface area (Å²) in [5.41, 5.74) is 7.88. The van der Waals surface area contributed by atoms with E-state index in [1.807, 2.05) is 0 Å². The fraction of sp³-hybridized carbons (Fsp3) is 0.750. The van der Waals surface area contributed by atoms with Crippen molar-refractivity contribution in [1.29, 1.82) is 0 Å². The van der Waals surface area contributed by atoms with Gasteiger partial charge in [-0.1, -0.05) is 11.2 Å². The summed E-state index contributed by atoms with van der Waals surface area (Å²) in [5, 5.41) is 3.58. The minimum atomic E-state index is -0.573. The monoisotopic (exact) mass is 322 g/mol. The van der Waals surface area contributed by atoms with E-state index < -0.39 is 11.5 Å². The van der Waals surface area contributed by atoms with Crippen LogP contribution in [0.25, 0.3) is 10.4 Å². The quantitative estimate of drug-likeness (QED) is 0.237. The van der Waals surface area contributed by atoms with Gasteiger partial charge in [0.25, 0.3) is 0 Å². The molecule has 1 heterocycles. The highest BCUT2D eigenvalue weighted by Crippen LogP contribution is 2.24. The van der Waals surface area contributed by atoms with Gasteiger partial charge in [0.15, 0.2) is 0 Å². The highest BCUT2D eigenvalue weighted by molar-refractivity contribution is 5.84. The molecular weight excluding hydrogens is 296 g/mol. The summed E-state index contributed by atoms with van der Waals surface area (Å²) in [4.78, 5) is 29.3. The molecule has 1 saturated heterocycles. The second-order valence-electron chi connectivity index (χ2n) is 6.75. The van der Waals surface area contributed by atoms with E-state index in [-0.39, 0.29) is 30.9 Å². The molecule has 7 heteroatoms. The van der Waals surface area contributed by atoms with E-state index in [0.717, 1.165) is 12.8 Å². The van der Waals surface area contributed by atoms with Gasteiger partial charge in [0.05, 0.1) is 12.3 Å². The Morgan fingerprint density at radius 1 is 1.52 bits per heavy atom. The van der Waals surface area contributed by atoms with Gasteiger partial charge < -0.3 is 9.64 Å². The molecule has 2 atom stereocenters. The maximum absolute atomic E-state index is 12.7. The van der Waals surface area contributed by atoms with Crippen molar-refractivity contribution in [3.8, 4) is 0 Å².